The lowest BCUT2D eigenvalue weighted by molar-refractivity contribution is -0.147. The van der Waals surface area contributed by atoms with Gasteiger partial charge in [-0.2, -0.15) is 0 Å². The van der Waals surface area contributed by atoms with Crippen LogP contribution in [-0.2, 0) is 30.3 Å². The molecule has 13 heteroatoms. The van der Waals surface area contributed by atoms with E-state index in [9.17, 15) is 19.2 Å². The third kappa shape index (κ3) is 7.71. The minimum absolute atomic E-state index is 0. The smallest absolute Gasteiger partial charge is 0.462 e. The number of carbonyl (C=O) groups excluding carboxylic acids is 4. The van der Waals surface area contributed by atoms with Crippen LogP contribution in [-0.4, -0.2) is 48.7 Å². The summed E-state index contributed by atoms with van der Waals surface area (Å²) in [6.45, 7) is 1.47. The highest BCUT2D eigenvalue weighted by atomic mass is 35.5. The fourth-order valence-corrected chi connectivity index (χ4v) is 3.58. The molecule has 39 heavy (non-hydrogen) atoms. The molecule has 1 aromatic heterocycles. The Labute approximate surface area is 228 Å². The SMILES string of the molecule is CC1OC(=O)OC1COC(=O)CCC(=O)NCc1ccc(C(=O)Oc2ccc3cc(C(=N)N)ccc3c2)o1.Cl. The number of hydrogen-bond donors (Lipinski definition) is 3. The molecule has 0 radical (unpaired) electrons. The standard InChI is InChI=1S/C26H25N3O9.ClH/c1-14-21(38-26(33)35-14)13-34-23(31)9-8-22(30)29-12-19-6-7-20(36-19)25(32)37-18-5-4-15-10-17(24(27)28)3-2-16(15)11-18;/h2-7,10-11,14,21H,8-9,12-13H2,1H3,(H3,27,28)(H,29,30);1H. The van der Waals surface area contributed by atoms with Crippen molar-refractivity contribution in [2.24, 2.45) is 5.73 Å². The second-order valence-electron chi connectivity index (χ2n) is 8.48. The van der Waals surface area contributed by atoms with Gasteiger partial charge in [0.05, 0.1) is 13.0 Å². The summed E-state index contributed by atoms with van der Waals surface area (Å²) in [7, 11) is 0. The number of fused-ring (bicyclic) bond motifs is 1. The van der Waals surface area contributed by atoms with E-state index in [1.807, 2.05) is 0 Å². The van der Waals surface area contributed by atoms with Gasteiger partial charge in [0.15, 0.2) is 6.10 Å². The summed E-state index contributed by atoms with van der Waals surface area (Å²) in [5.41, 5.74) is 6.11. The van der Waals surface area contributed by atoms with Crippen molar-refractivity contribution in [1.29, 1.82) is 5.41 Å². The summed E-state index contributed by atoms with van der Waals surface area (Å²) in [6, 6.07) is 13.3. The van der Waals surface area contributed by atoms with Crippen LogP contribution in [0.25, 0.3) is 10.8 Å². The molecule has 2 heterocycles. The molecule has 3 aromatic rings. The summed E-state index contributed by atoms with van der Waals surface area (Å²) >= 11 is 0. The average molecular weight is 560 g/mol. The van der Waals surface area contributed by atoms with Crippen molar-refractivity contribution in [2.75, 3.05) is 6.61 Å². The van der Waals surface area contributed by atoms with E-state index in [0.29, 0.717) is 17.1 Å². The van der Waals surface area contributed by atoms with Gasteiger partial charge in [-0.25, -0.2) is 9.59 Å². The first kappa shape index (κ1) is 29.0. The number of nitrogens with two attached hydrogens (primary N) is 1. The van der Waals surface area contributed by atoms with Gasteiger partial charge in [-0.05, 0) is 48.0 Å². The number of nitrogen functional groups attached to an aromatic ring is 1. The van der Waals surface area contributed by atoms with Crippen LogP contribution >= 0.6 is 12.4 Å². The normalized spacial score (nSPS) is 16.0. The minimum Gasteiger partial charge on any atom is -0.462 e. The molecule has 1 amide bonds. The number of cyclic esters (lactones) is 2. The molecule has 206 valence electrons. The Hall–Kier alpha value is -4.58. The molecule has 0 saturated carbocycles. The van der Waals surface area contributed by atoms with Crippen molar-refractivity contribution in [1.82, 2.24) is 5.32 Å². The van der Waals surface area contributed by atoms with E-state index < -0.39 is 36.2 Å². The zero-order valence-corrected chi connectivity index (χ0v) is 21.6. The van der Waals surface area contributed by atoms with E-state index in [4.69, 9.17) is 34.5 Å². The van der Waals surface area contributed by atoms with Crippen molar-refractivity contribution in [2.45, 2.75) is 38.5 Å². The molecule has 0 bridgehead atoms. The Balaban J connectivity index is 0.00000420. The molecule has 1 fully saturated rings. The van der Waals surface area contributed by atoms with Crippen molar-refractivity contribution < 1.29 is 42.5 Å². The first-order chi connectivity index (χ1) is 18.2. The maximum absolute atomic E-state index is 12.5. The van der Waals surface area contributed by atoms with Crippen molar-refractivity contribution in [3.05, 3.63) is 65.6 Å². The number of amidine groups is 1. The lowest BCUT2D eigenvalue weighted by atomic mass is 10.1. The van der Waals surface area contributed by atoms with Crippen LogP contribution < -0.4 is 15.8 Å². The average Bonchev–Trinajstić information content (AvgIpc) is 3.50. The van der Waals surface area contributed by atoms with E-state index in [2.05, 4.69) is 5.32 Å². The molecular formula is C26H26ClN3O9. The highest BCUT2D eigenvalue weighted by Crippen LogP contribution is 2.23. The summed E-state index contributed by atoms with van der Waals surface area (Å²) < 4.78 is 25.5. The molecule has 2 aromatic carbocycles. The Kier molecular flexibility index (Phi) is 9.50. The van der Waals surface area contributed by atoms with Gasteiger partial charge in [-0.1, -0.05) is 18.2 Å². The molecule has 0 spiro atoms. The summed E-state index contributed by atoms with van der Waals surface area (Å²) in [6.07, 6.45) is -2.31. The summed E-state index contributed by atoms with van der Waals surface area (Å²) in [5, 5.41) is 11.8. The molecule has 12 nitrogen and oxygen atoms in total. The Morgan fingerprint density at radius 3 is 2.49 bits per heavy atom. The maximum atomic E-state index is 12.5. The zero-order valence-electron chi connectivity index (χ0n) is 20.8. The fraction of sp³-hybridized carbons (Fsp3) is 0.269. The van der Waals surface area contributed by atoms with Crippen molar-refractivity contribution in [3.63, 3.8) is 0 Å². The van der Waals surface area contributed by atoms with E-state index >= 15 is 0 Å². The molecule has 1 aliphatic rings. The molecule has 2 unspecified atom stereocenters. The Morgan fingerprint density at radius 2 is 1.77 bits per heavy atom. The van der Waals surface area contributed by atoms with Crippen LogP contribution in [0, 0.1) is 5.41 Å². The van der Waals surface area contributed by atoms with Gasteiger partial charge < -0.3 is 34.4 Å². The van der Waals surface area contributed by atoms with Crippen LogP contribution in [0.5, 0.6) is 5.75 Å². The fourth-order valence-electron chi connectivity index (χ4n) is 3.58. The highest BCUT2D eigenvalue weighted by molar-refractivity contribution is 5.99. The summed E-state index contributed by atoms with van der Waals surface area (Å²) in [4.78, 5) is 47.4. The number of furan rings is 1. The Morgan fingerprint density at radius 1 is 1.03 bits per heavy atom. The third-order valence-corrected chi connectivity index (χ3v) is 5.67. The second kappa shape index (κ2) is 12.8. The van der Waals surface area contributed by atoms with Gasteiger partial charge in [0, 0.05) is 12.0 Å². The van der Waals surface area contributed by atoms with Crippen molar-refractivity contribution >= 4 is 53.0 Å². The van der Waals surface area contributed by atoms with Crippen LogP contribution in [0.1, 0.15) is 41.6 Å². The molecule has 2 atom stereocenters. The van der Waals surface area contributed by atoms with Gasteiger partial charge in [0.2, 0.25) is 11.7 Å². The predicted molar refractivity (Wildman–Crippen MR) is 139 cm³/mol. The predicted octanol–water partition coefficient (Wildman–Crippen LogP) is 3.22. The van der Waals surface area contributed by atoms with Gasteiger partial charge in [0.1, 0.15) is 30.1 Å². The Bertz CT molecular complexity index is 1400. The van der Waals surface area contributed by atoms with Crippen molar-refractivity contribution in [3.8, 4) is 5.75 Å². The van der Waals surface area contributed by atoms with Gasteiger partial charge >= 0.3 is 18.1 Å². The number of esters is 2. The largest absolute Gasteiger partial charge is 0.509 e. The van der Waals surface area contributed by atoms with Crippen LogP contribution in [0.15, 0.2) is 52.9 Å². The van der Waals surface area contributed by atoms with Crippen LogP contribution in [0.2, 0.25) is 0 Å². The number of carbonyl (C=O) groups is 4. The molecule has 0 aliphatic carbocycles. The number of rotatable bonds is 10. The lowest BCUT2D eigenvalue weighted by Gasteiger charge is -2.11. The van der Waals surface area contributed by atoms with Gasteiger partial charge in [0.25, 0.3) is 0 Å². The number of nitrogens with one attached hydrogen (secondary N) is 2. The number of ether oxygens (including phenoxy) is 4. The number of amides is 1. The third-order valence-electron chi connectivity index (χ3n) is 5.67. The molecule has 1 saturated heterocycles. The topological polar surface area (TPSA) is 180 Å². The molecule has 4 rings (SSSR count). The second-order valence-corrected chi connectivity index (χ2v) is 8.48. The van der Waals surface area contributed by atoms with Crippen LogP contribution in [0.3, 0.4) is 0 Å². The first-order valence-corrected chi connectivity index (χ1v) is 11.7. The lowest BCUT2D eigenvalue weighted by Crippen LogP contribution is -2.27. The van der Waals surface area contributed by atoms with E-state index in [1.165, 1.54) is 12.1 Å². The highest BCUT2D eigenvalue weighted by Gasteiger charge is 2.34. The number of hydrogen-bond acceptors (Lipinski definition) is 10. The van der Waals surface area contributed by atoms with E-state index in [1.54, 1.807) is 43.3 Å². The minimum atomic E-state index is -0.814. The molecule has 4 N–H and O–H groups in total. The number of halogens is 1. The maximum Gasteiger partial charge on any atom is 0.509 e. The van der Waals surface area contributed by atoms with Gasteiger partial charge in [-0.3, -0.25) is 15.0 Å². The molecular weight excluding hydrogens is 534 g/mol. The quantitative estimate of drug-likeness (QED) is 0.144. The zero-order chi connectivity index (χ0) is 27.2. The van der Waals surface area contributed by atoms with E-state index in [-0.39, 0.29) is 50.0 Å². The van der Waals surface area contributed by atoms with Gasteiger partial charge in [-0.15, -0.1) is 12.4 Å². The molecule has 1 aliphatic heterocycles. The summed E-state index contributed by atoms with van der Waals surface area (Å²) in [5.74, 6) is -1.20. The first-order valence-electron chi connectivity index (χ1n) is 11.7. The van der Waals surface area contributed by atoms with Crippen LogP contribution in [0.4, 0.5) is 4.79 Å². The number of benzene rings is 2. The van der Waals surface area contributed by atoms with E-state index in [0.717, 1.165) is 10.8 Å². The monoisotopic (exact) mass is 559 g/mol.